The van der Waals surface area contributed by atoms with Gasteiger partial charge in [-0.2, -0.15) is 0 Å². The van der Waals surface area contributed by atoms with Crippen LogP contribution in [0.2, 0.25) is 0 Å². The Kier molecular flexibility index (Phi) is 3.91. The molecule has 1 amide bonds. The number of pyridine rings is 1. The van der Waals surface area contributed by atoms with Crippen LogP contribution in [-0.4, -0.2) is 23.0 Å². The lowest BCUT2D eigenvalue weighted by molar-refractivity contribution is 0.0998. The molecule has 0 atom stereocenters. The average molecular weight is 351 g/mol. The van der Waals surface area contributed by atoms with Crippen molar-refractivity contribution in [3.8, 4) is 17.0 Å². The number of methoxy groups -OCH3 is 1. The fourth-order valence-corrected chi connectivity index (χ4v) is 3.17. The van der Waals surface area contributed by atoms with Gasteiger partial charge in [-0.05, 0) is 24.3 Å². The first-order valence-electron chi connectivity index (χ1n) is 7.48. The number of ether oxygens (including phenoxy) is 1. The van der Waals surface area contributed by atoms with Crippen molar-refractivity contribution in [1.29, 1.82) is 0 Å². The highest BCUT2D eigenvalue weighted by Crippen LogP contribution is 2.29. The normalized spacial score (nSPS) is 10.8. The van der Waals surface area contributed by atoms with Gasteiger partial charge in [0.15, 0.2) is 22.2 Å². The molecule has 25 heavy (non-hydrogen) atoms. The van der Waals surface area contributed by atoms with E-state index in [9.17, 15) is 4.79 Å². The third-order valence-corrected chi connectivity index (χ3v) is 4.41. The lowest BCUT2D eigenvalue weighted by Gasteiger charge is -1.99. The van der Waals surface area contributed by atoms with Crippen molar-refractivity contribution in [2.24, 2.45) is 0 Å². The highest BCUT2D eigenvalue weighted by atomic mass is 32.1. The number of aromatic nitrogens is 2. The van der Waals surface area contributed by atoms with Gasteiger partial charge in [-0.15, -0.1) is 11.3 Å². The van der Waals surface area contributed by atoms with Crippen molar-refractivity contribution in [1.82, 2.24) is 9.97 Å². The number of para-hydroxylation sites is 1. The fourth-order valence-electron chi connectivity index (χ4n) is 2.45. The summed E-state index contributed by atoms with van der Waals surface area (Å²) in [5.74, 6) is 0.444. The molecule has 0 radical (unpaired) electrons. The molecule has 0 saturated carbocycles. The van der Waals surface area contributed by atoms with E-state index in [1.165, 1.54) is 11.3 Å². The lowest BCUT2D eigenvalue weighted by atomic mass is 10.2. The van der Waals surface area contributed by atoms with E-state index in [-0.39, 0.29) is 11.7 Å². The number of nitrogens with zero attached hydrogens (tertiary/aromatic N) is 2. The summed E-state index contributed by atoms with van der Waals surface area (Å²) in [4.78, 5) is 20.9. The maximum atomic E-state index is 12.4. The molecule has 1 aromatic carbocycles. The Labute approximate surface area is 147 Å². The van der Waals surface area contributed by atoms with Crippen molar-refractivity contribution < 1.29 is 13.9 Å². The van der Waals surface area contributed by atoms with Gasteiger partial charge in [0.1, 0.15) is 0 Å². The second-order valence-corrected chi connectivity index (χ2v) is 6.08. The van der Waals surface area contributed by atoms with Gasteiger partial charge in [-0.1, -0.05) is 12.1 Å². The molecule has 4 aromatic rings. The number of amides is 1. The highest BCUT2D eigenvalue weighted by Gasteiger charge is 2.16. The van der Waals surface area contributed by atoms with Gasteiger partial charge in [0.25, 0.3) is 5.91 Å². The number of fused-ring (bicyclic) bond motifs is 1. The molecule has 0 saturated heterocycles. The molecule has 4 rings (SSSR count). The van der Waals surface area contributed by atoms with Crippen molar-refractivity contribution in [2.75, 3.05) is 12.4 Å². The van der Waals surface area contributed by atoms with Crippen LogP contribution in [0.5, 0.6) is 5.75 Å². The Morgan fingerprint density at radius 1 is 1.24 bits per heavy atom. The first-order valence-corrected chi connectivity index (χ1v) is 8.36. The summed E-state index contributed by atoms with van der Waals surface area (Å²) in [6.45, 7) is 0. The molecule has 0 bridgehead atoms. The highest BCUT2D eigenvalue weighted by molar-refractivity contribution is 7.14. The second kappa shape index (κ2) is 6.37. The zero-order valence-corrected chi connectivity index (χ0v) is 14.0. The molecule has 0 fully saturated rings. The van der Waals surface area contributed by atoms with Crippen LogP contribution in [0.4, 0.5) is 5.13 Å². The molecular weight excluding hydrogens is 338 g/mol. The largest absolute Gasteiger partial charge is 0.493 e. The van der Waals surface area contributed by atoms with Gasteiger partial charge in [-0.25, -0.2) is 4.98 Å². The second-order valence-electron chi connectivity index (χ2n) is 5.22. The molecule has 124 valence electrons. The lowest BCUT2D eigenvalue weighted by Crippen LogP contribution is -2.10. The predicted octanol–water partition coefficient (Wildman–Crippen LogP) is 4.21. The molecule has 7 heteroatoms. The molecule has 0 aliphatic rings. The minimum Gasteiger partial charge on any atom is -0.493 e. The molecule has 0 spiro atoms. The van der Waals surface area contributed by atoms with Gasteiger partial charge in [0, 0.05) is 28.7 Å². The first kappa shape index (κ1) is 15.3. The molecular formula is C18H13N3O3S. The van der Waals surface area contributed by atoms with Crippen molar-refractivity contribution >= 4 is 33.3 Å². The molecule has 3 heterocycles. The Bertz CT molecular complexity index is 1040. The maximum Gasteiger partial charge on any atom is 0.293 e. The zero-order chi connectivity index (χ0) is 17.2. The number of carbonyl (C=O) groups is 1. The minimum absolute atomic E-state index is 0.208. The monoisotopic (exact) mass is 351 g/mol. The Hall–Kier alpha value is -3.19. The third kappa shape index (κ3) is 2.97. The summed E-state index contributed by atoms with van der Waals surface area (Å²) in [6, 6.07) is 10.9. The number of hydrogen-bond donors (Lipinski definition) is 1. The average Bonchev–Trinajstić information content (AvgIpc) is 3.29. The molecule has 0 aliphatic heterocycles. The molecule has 1 N–H and O–H groups in total. The smallest absolute Gasteiger partial charge is 0.293 e. The van der Waals surface area contributed by atoms with Gasteiger partial charge in [0.2, 0.25) is 0 Å². The van der Waals surface area contributed by atoms with Gasteiger partial charge < -0.3 is 9.15 Å². The first-order chi connectivity index (χ1) is 12.2. The number of nitrogens with one attached hydrogen (secondary N) is 1. The Balaban J connectivity index is 1.57. The molecule has 6 nitrogen and oxygen atoms in total. The third-order valence-electron chi connectivity index (χ3n) is 3.65. The van der Waals surface area contributed by atoms with Crippen LogP contribution in [0.3, 0.4) is 0 Å². The van der Waals surface area contributed by atoms with E-state index in [1.807, 2.05) is 29.6 Å². The van der Waals surface area contributed by atoms with Crippen LogP contribution in [0.25, 0.3) is 22.2 Å². The Morgan fingerprint density at radius 3 is 2.88 bits per heavy atom. The quantitative estimate of drug-likeness (QED) is 0.596. The van der Waals surface area contributed by atoms with Gasteiger partial charge >= 0.3 is 0 Å². The standard InChI is InChI=1S/C18H13N3O3S/c1-23-14-4-2-3-12-9-15(24-16(12)14)17(22)21-18-20-13(10-25-18)11-5-7-19-8-6-11/h2-10H,1H3,(H,20,21,22). The van der Waals surface area contributed by atoms with Crippen LogP contribution in [-0.2, 0) is 0 Å². The SMILES string of the molecule is COc1cccc2cc(C(=O)Nc3nc(-c4ccncc4)cs3)oc12. The van der Waals surface area contributed by atoms with E-state index in [4.69, 9.17) is 9.15 Å². The zero-order valence-electron chi connectivity index (χ0n) is 13.2. The van der Waals surface area contributed by atoms with Crippen molar-refractivity contribution in [3.63, 3.8) is 0 Å². The number of thiazole rings is 1. The number of anilines is 1. The minimum atomic E-state index is -0.353. The number of carbonyl (C=O) groups excluding carboxylic acids is 1. The molecule has 3 aromatic heterocycles. The van der Waals surface area contributed by atoms with E-state index in [0.29, 0.717) is 16.5 Å². The van der Waals surface area contributed by atoms with E-state index in [1.54, 1.807) is 31.6 Å². The topological polar surface area (TPSA) is 77.2 Å². The number of hydrogen-bond acceptors (Lipinski definition) is 6. The summed E-state index contributed by atoms with van der Waals surface area (Å²) >= 11 is 1.35. The summed E-state index contributed by atoms with van der Waals surface area (Å²) in [5, 5.41) is 5.96. The van der Waals surface area contributed by atoms with Crippen molar-refractivity contribution in [2.45, 2.75) is 0 Å². The van der Waals surface area contributed by atoms with E-state index in [2.05, 4.69) is 15.3 Å². The van der Waals surface area contributed by atoms with Gasteiger partial charge in [0.05, 0.1) is 12.8 Å². The summed E-state index contributed by atoms with van der Waals surface area (Å²) in [5.41, 5.74) is 2.28. The van der Waals surface area contributed by atoms with E-state index >= 15 is 0 Å². The van der Waals surface area contributed by atoms with Gasteiger partial charge in [-0.3, -0.25) is 15.1 Å². The Morgan fingerprint density at radius 2 is 2.08 bits per heavy atom. The van der Waals surface area contributed by atoms with E-state index in [0.717, 1.165) is 16.6 Å². The molecule has 0 unspecified atom stereocenters. The number of benzene rings is 1. The number of furan rings is 1. The van der Waals surface area contributed by atoms with Crippen LogP contribution in [0.1, 0.15) is 10.6 Å². The van der Waals surface area contributed by atoms with Crippen LogP contribution < -0.4 is 10.1 Å². The van der Waals surface area contributed by atoms with E-state index < -0.39 is 0 Å². The molecule has 0 aliphatic carbocycles. The number of rotatable bonds is 4. The van der Waals surface area contributed by atoms with Crippen LogP contribution in [0.15, 0.2) is 58.6 Å². The fraction of sp³-hybridized carbons (Fsp3) is 0.0556. The summed E-state index contributed by atoms with van der Waals surface area (Å²) in [7, 11) is 1.56. The van der Waals surface area contributed by atoms with Crippen LogP contribution in [0, 0.1) is 0 Å². The maximum absolute atomic E-state index is 12.4. The van der Waals surface area contributed by atoms with Crippen molar-refractivity contribution in [3.05, 3.63) is 59.9 Å². The summed E-state index contributed by atoms with van der Waals surface area (Å²) in [6.07, 6.45) is 3.41. The van der Waals surface area contributed by atoms with Crippen LogP contribution >= 0.6 is 11.3 Å². The summed E-state index contributed by atoms with van der Waals surface area (Å²) < 4.78 is 10.9. The predicted molar refractivity (Wildman–Crippen MR) is 96.1 cm³/mol.